The smallest absolute Gasteiger partial charge is 0.122 e. The van der Waals surface area contributed by atoms with E-state index in [2.05, 4.69) is 39.5 Å². The zero-order valence-corrected chi connectivity index (χ0v) is 13.3. The van der Waals surface area contributed by atoms with Gasteiger partial charge >= 0.3 is 0 Å². The average Bonchev–Trinajstić information content (AvgIpc) is 2.95. The van der Waals surface area contributed by atoms with Crippen LogP contribution in [0, 0.1) is 5.41 Å². The molecule has 5 heteroatoms. The van der Waals surface area contributed by atoms with E-state index in [0.29, 0.717) is 12.6 Å². The Morgan fingerprint density at radius 2 is 2.24 bits per heavy atom. The molecule has 0 spiro atoms. The van der Waals surface area contributed by atoms with Gasteiger partial charge in [0.25, 0.3) is 0 Å². The first kappa shape index (κ1) is 15.0. The molecule has 21 heavy (non-hydrogen) atoms. The number of rotatable bonds is 4. The van der Waals surface area contributed by atoms with Crippen LogP contribution in [0.5, 0.6) is 0 Å². The van der Waals surface area contributed by atoms with Crippen molar-refractivity contribution in [3.63, 3.8) is 0 Å². The topological polar surface area (TPSA) is 44.5 Å². The number of nitrogens with zero attached hydrogens (tertiary/aromatic N) is 4. The summed E-state index contributed by atoms with van der Waals surface area (Å²) in [5.41, 5.74) is 0.129. The normalized spacial score (nSPS) is 31.3. The number of likely N-dealkylation sites (tertiary alicyclic amines) is 2. The van der Waals surface area contributed by atoms with Crippen molar-refractivity contribution in [2.24, 2.45) is 5.41 Å². The summed E-state index contributed by atoms with van der Waals surface area (Å²) in [6, 6.07) is 0.482. The van der Waals surface area contributed by atoms with E-state index in [1.807, 2.05) is 6.20 Å². The van der Waals surface area contributed by atoms with Gasteiger partial charge in [0.05, 0.1) is 13.2 Å². The molecular formula is C16H28N4O. The van der Waals surface area contributed by atoms with Gasteiger partial charge < -0.3 is 14.6 Å². The minimum atomic E-state index is 0.129. The van der Waals surface area contributed by atoms with Crippen LogP contribution in [0.15, 0.2) is 12.4 Å². The summed E-state index contributed by atoms with van der Waals surface area (Å²) in [6.45, 7) is 7.67. The standard InChI is InChI=1S/C16H28N4O/c1-3-20-10-7-17-15(20)12-19-9-6-16(13-21)5-4-8-18(2)14(16)11-19/h7,10,14,21H,3-6,8-9,11-13H2,1-2H3/t14-,16-/m1/s1. The number of piperidine rings is 2. The molecule has 1 N–H and O–H groups in total. The van der Waals surface area contributed by atoms with Crippen LogP contribution in [0.4, 0.5) is 0 Å². The van der Waals surface area contributed by atoms with Crippen LogP contribution in [0.1, 0.15) is 32.0 Å². The van der Waals surface area contributed by atoms with Gasteiger partial charge in [-0.15, -0.1) is 0 Å². The fourth-order valence-electron chi connectivity index (χ4n) is 4.20. The van der Waals surface area contributed by atoms with Gasteiger partial charge in [-0.2, -0.15) is 0 Å². The van der Waals surface area contributed by atoms with Gasteiger partial charge in [-0.1, -0.05) is 0 Å². The highest BCUT2D eigenvalue weighted by Crippen LogP contribution is 2.41. The minimum Gasteiger partial charge on any atom is -0.396 e. The molecule has 0 saturated carbocycles. The molecule has 118 valence electrons. The van der Waals surface area contributed by atoms with Gasteiger partial charge in [-0.3, -0.25) is 4.90 Å². The van der Waals surface area contributed by atoms with Gasteiger partial charge in [0.1, 0.15) is 5.82 Å². The predicted molar refractivity (Wildman–Crippen MR) is 83.0 cm³/mol. The van der Waals surface area contributed by atoms with E-state index >= 15 is 0 Å². The number of aryl methyl sites for hydroxylation is 1. The van der Waals surface area contributed by atoms with Crippen molar-refractivity contribution in [3.8, 4) is 0 Å². The molecule has 5 nitrogen and oxygen atoms in total. The molecule has 2 fully saturated rings. The average molecular weight is 292 g/mol. The van der Waals surface area contributed by atoms with Crippen LogP contribution < -0.4 is 0 Å². The highest BCUT2D eigenvalue weighted by Gasteiger charge is 2.46. The molecule has 2 saturated heterocycles. The molecule has 0 radical (unpaired) electrons. The number of imidazole rings is 1. The number of aromatic nitrogens is 2. The molecule has 2 aliphatic rings. The number of aliphatic hydroxyl groups excluding tert-OH is 1. The highest BCUT2D eigenvalue weighted by atomic mass is 16.3. The number of hydrogen-bond acceptors (Lipinski definition) is 4. The molecule has 1 aromatic heterocycles. The molecule has 2 aliphatic heterocycles. The van der Waals surface area contributed by atoms with Crippen molar-refractivity contribution < 1.29 is 5.11 Å². The fraction of sp³-hybridized carbons (Fsp3) is 0.812. The Morgan fingerprint density at radius 3 is 3.00 bits per heavy atom. The lowest BCUT2D eigenvalue weighted by molar-refractivity contribution is -0.0690. The van der Waals surface area contributed by atoms with E-state index in [0.717, 1.165) is 45.0 Å². The summed E-state index contributed by atoms with van der Waals surface area (Å²) >= 11 is 0. The first-order valence-electron chi connectivity index (χ1n) is 8.22. The summed E-state index contributed by atoms with van der Waals surface area (Å²) in [4.78, 5) is 9.47. The maximum atomic E-state index is 9.96. The van der Waals surface area contributed by atoms with Crippen LogP contribution >= 0.6 is 0 Å². The molecule has 2 atom stereocenters. The molecule has 3 rings (SSSR count). The fourth-order valence-corrected chi connectivity index (χ4v) is 4.20. The number of hydrogen-bond donors (Lipinski definition) is 1. The predicted octanol–water partition coefficient (Wildman–Crippen LogP) is 1.18. The van der Waals surface area contributed by atoms with Crippen molar-refractivity contribution in [1.82, 2.24) is 19.4 Å². The van der Waals surface area contributed by atoms with Crippen molar-refractivity contribution in [2.45, 2.75) is 45.3 Å². The Bertz CT molecular complexity index is 475. The van der Waals surface area contributed by atoms with Crippen LogP contribution in [-0.2, 0) is 13.1 Å². The summed E-state index contributed by atoms with van der Waals surface area (Å²) in [5, 5.41) is 9.96. The van der Waals surface area contributed by atoms with Gasteiger partial charge in [-0.05, 0) is 46.3 Å². The Morgan fingerprint density at radius 1 is 1.38 bits per heavy atom. The molecule has 1 aromatic rings. The second kappa shape index (κ2) is 6.07. The quantitative estimate of drug-likeness (QED) is 0.905. The Balaban J connectivity index is 1.71. The van der Waals surface area contributed by atoms with Crippen LogP contribution in [0.2, 0.25) is 0 Å². The molecular weight excluding hydrogens is 264 g/mol. The lowest BCUT2D eigenvalue weighted by Gasteiger charge is -2.53. The summed E-state index contributed by atoms with van der Waals surface area (Å²) in [7, 11) is 2.21. The van der Waals surface area contributed by atoms with Gasteiger partial charge in [0, 0.05) is 36.9 Å². The van der Waals surface area contributed by atoms with Crippen molar-refractivity contribution in [1.29, 1.82) is 0 Å². The van der Waals surface area contributed by atoms with Crippen molar-refractivity contribution in [2.75, 3.05) is 33.3 Å². The van der Waals surface area contributed by atoms with Gasteiger partial charge in [0.15, 0.2) is 0 Å². The molecule has 0 aromatic carbocycles. The monoisotopic (exact) mass is 292 g/mol. The van der Waals surface area contributed by atoms with E-state index in [1.54, 1.807) is 0 Å². The van der Waals surface area contributed by atoms with E-state index < -0.39 is 0 Å². The maximum absolute atomic E-state index is 9.96. The van der Waals surface area contributed by atoms with E-state index in [4.69, 9.17) is 0 Å². The lowest BCUT2D eigenvalue weighted by Crippen LogP contribution is -2.61. The Hall–Kier alpha value is -0.910. The van der Waals surface area contributed by atoms with E-state index in [1.165, 1.54) is 12.8 Å². The second-order valence-corrected chi connectivity index (χ2v) is 6.74. The molecule has 0 bridgehead atoms. The Labute approximate surface area is 127 Å². The summed E-state index contributed by atoms with van der Waals surface area (Å²) in [5.74, 6) is 1.16. The maximum Gasteiger partial charge on any atom is 0.122 e. The zero-order valence-electron chi connectivity index (χ0n) is 13.3. The second-order valence-electron chi connectivity index (χ2n) is 6.74. The highest BCUT2D eigenvalue weighted by molar-refractivity contribution is 5.01. The lowest BCUT2D eigenvalue weighted by atomic mass is 9.69. The Kier molecular flexibility index (Phi) is 4.33. The summed E-state index contributed by atoms with van der Waals surface area (Å²) in [6.07, 6.45) is 7.45. The van der Waals surface area contributed by atoms with E-state index in [9.17, 15) is 5.11 Å². The van der Waals surface area contributed by atoms with Crippen molar-refractivity contribution in [3.05, 3.63) is 18.2 Å². The molecule has 0 aliphatic carbocycles. The molecule has 0 amide bonds. The minimum absolute atomic E-state index is 0.129. The first-order valence-corrected chi connectivity index (χ1v) is 8.22. The number of fused-ring (bicyclic) bond motifs is 1. The van der Waals surface area contributed by atoms with Crippen LogP contribution in [0.25, 0.3) is 0 Å². The molecule has 0 unspecified atom stereocenters. The number of aliphatic hydroxyl groups is 1. The SMILES string of the molecule is CCn1ccnc1CN1CC[C@@]2(CO)CCCN(C)[C@@H]2C1. The third-order valence-corrected chi connectivity index (χ3v) is 5.60. The van der Waals surface area contributed by atoms with Crippen molar-refractivity contribution >= 4 is 0 Å². The van der Waals surface area contributed by atoms with Gasteiger partial charge in [-0.25, -0.2) is 4.98 Å². The third kappa shape index (κ3) is 2.74. The zero-order chi connectivity index (χ0) is 14.9. The first-order chi connectivity index (χ1) is 10.2. The number of likely N-dealkylation sites (N-methyl/N-ethyl adjacent to an activating group) is 1. The third-order valence-electron chi connectivity index (χ3n) is 5.60. The van der Waals surface area contributed by atoms with Crippen LogP contribution in [-0.4, -0.2) is 63.8 Å². The van der Waals surface area contributed by atoms with Crippen LogP contribution in [0.3, 0.4) is 0 Å². The molecule has 3 heterocycles. The summed E-state index contributed by atoms with van der Waals surface area (Å²) < 4.78 is 2.22. The largest absolute Gasteiger partial charge is 0.396 e. The van der Waals surface area contributed by atoms with E-state index in [-0.39, 0.29) is 5.41 Å². The van der Waals surface area contributed by atoms with Gasteiger partial charge in [0.2, 0.25) is 0 Å².